The number of nitrogens with one attached hydrogen (secondary N) is 1. The average Bonchev–Trinajstić information content (AvgIpc) is 2.64. The van der Waals surface area contributed by atoms with Gasteiger partial charge in [0.25, 0.3) is 0 Å². The zero-order valence-corrected chi connectivity index (χ0v) is 15.4. The molecule has 25 heavy (non-hydrogen) atoms. The summed E-state index contributed by atoms with van der Waals surface area (Å²) in [5, 5.41) is 68.4. The normalized spacial score (nSPS) is 32.6. The van der Waals surface area contributed by atoms with Crippen LogP contribution in [0, 0.1) is 0 Å². The van der Waals surface area contributed by atoms with E-state index in [0.717, 1.165) is 0 Å². The number of hydrogen-bond donors (Lipinski definition) is 8. The molecule has 5 atom stereocenters. The topological polar surface area (TPSA) is 157 Å². The van der Waals surface area contributed by atoms with Crippen molar-refractivity contribution >= 4 is 0 Å². The van der Waals surface area contributed by atoms with Gasteiger partial charge in [-0.15, -0.1) is 0 Å². The van der Waals surface area contributed by atoms with Crippen molar-refractivity contribution in [1.29, 1.82) is 0 Å². The zero-order chi connectivity index (χ0) is 19.6. The SMILES string of the molecule is CCN(CC)CC.OCC(CO)N[C@H]1C[C@](O)(CO)[C@@H](O)[C@H](O)[C@H]1O. The Morgan fingerprint density at radius 2 is 1.44 bits per heavy atom. The predicted molar refractivity (Wildman–Crippen MR) is 93.0 cm³/mol. The van der Waals surface area contributed by atoms with E-state index < -0.39 is 55.8 Å². The van der Waals surface area contributed by atoms with Crippen molar-refractivity contribution in [1.82, 2.24) is 10.2 Å². The highest BCUT2D eigenvalue weighted by atomic mass is 16.4. The van der Waals surface area contributed by atoms with Crippen LogP contribution in [-0.4, -0.2) is 116 Å². The molecule has 1 rings (SSSR count). The molecule has 0 aromatic rings. The van der Waals surface area contributed by atoms with Crippen LogP contribution in [0.15, 0.2) is 0 Å². The molecule has 0 saturated heterocycles. The van der Waals surface area contributed by atoms with Gasteiger partial charge in [-0.2, -0.15) is 0 Å². The molecule has 152 valence electrons. The van der Waals surface area contributed by atoms with E-state index in [1.807, 2.05) is 0 Å². The van der Waals surface area contributed by atoms with Crippen LogP contribution >= 0.6 is 0 Å². The van der Waals surface area contributed by atoms with Crippen molar-refractivity contribution < 1.29 is 35.7 Å². The van der Waals surface area contributed by atoms with Crippen LogP contribution < -0.4 is 5.32 Å². The van der Waals surface area contributed by atoms with Crippen molar-refractivity contribution in [2.75, 3.05) is 39.5 Å². The van der Waals surface area contributed by atoms with Gasteiger partial charge in [0, 0.05) is 6.04 Å². The highest BCUT2D eigenvalue weighted by molar-refractivity contribution is 5.05. The fraction of sp³-hybridized carbons (Fsp3) is 1.00. The van der Waals surface area contributed by atoms with E-state index in [9.17, 15) is 20.4 Å². The van der Waals surface area contributed by atoms with Crippen LogP contribution in [0.1, 0.15) is 27.2 Å². The van der Waals surface area contributed by atoms with Gasteiger partial charge in [0.05, 0.1) is 32.0 Å². The van der Waals surface area contributed by atoms with Crippen molar-refractivity contribution in [3.05, 3.63) is 0 Å². The maximum absolute atomic E-state index is 9.93. The largest absolute Gasteiger partial charge is 0.395 e. The molecular formula is C16H36N2O7. The molecular weight excluding hydrogens is 332 g/mol. The lowest BCUT2D eigenvalue weighted by molar-refractivity contribution is -0.207. The van der Waals surface area contributed by atoms with Gasteiger partial charge >= 0.3 is 0 Å². The van der Waals surface area contributed by atoms with Gasteiger partial charge in [0.1, 0.15) is 17.8 Å². The Morgan fingerprint density at radius 1 is 0.960 bits per heavy atom. The van der Waals surface area contributed by atoms with Crippen LogP contribution in [0.5, 0.6) is 0 Å². The molecule has 1 fully saturated rings. The Morgan fingerprint density at radius 3 is 1.76 bits per heavy atom. The Labute approximate surface area is 149 Å². The summed E-state index contributed by atoms with van der Waals surface area (Å²) >= 11 is 0. The molecule has 0 spiro atoms. The third-order valence-corrected chi connectivity index (χ3v) is 4.72. The number of nitrogens with zero attached hydrogens (tertiary/aromatic N) is 1. The van der Waals surface area contributed by atoms with Crippen molar-refractivity contribution in [3.8, 4) is 0 Å². The van der Waals surface area contributed by atoms with E-state index in [4.69, 9.17) is 15.3 Å². The molecule has 0 radical (unpaired) electrons. The fourth-order valence-electron chi connectivity index (χ4n) is 2.82. The zero-order valence-electron chi connectivity index (χ0n) is 15.4. The van der Waals surface area contributed by atoms with Crippen LogP contribution in [-0.2, 0) is 0 Å². The van der Waals surface area contributed by atoms with Crippen LogP contribution in [0.25, 0.3) is 0 Å². The first-order chi connectivity index (χ1) is 11.7. The fourth-order valence-corrected chi connectivity index (χ4v) is 2.82. The third kappa shape index (κ3) is 7.05. The van der Waals surface area contributed by atoms with E-state index in [2.05, 4.69) is 31.0 Å². The van der Waals surface area contributed by atoms with E-state index in [1.165, 1.54) is 19.6 Å². The molecule has 0 aliphatic heterocycles. The first-order valence-electron chi connectivity index (χ1n) is 8.81. The lowest BCUT2D eigenvalue weighted by Gasteiger charge is -2.46. The molecule has 0 aromatic carbocycles. The lowest BCUT2D eigenvalue weighted by Crippen LogP contribution is -2.68. The second kappa shape index (κ2) is 12.1. The summed E-state index contributed by atoms with van der Waals surface area (Å²) < 4.78 is 0. The quantitative estimate of drug-likeness (QED) is 0.222. The summed E-state index contributed by atoms with van der Waals surface area (Å²) in [6.07, 6.45) is -4.91. The van der Waals surface area contributed by atoms with E-state index in [-0.39, 0.29) is 6.42 Å². The molecule has 0 heterocycles. The Kier molecular flexibility index (Phi) is 11.9. The average molecular weight is 368 g/mol. The molecule has 9 heteroatoms. The smallest absolute Gasteiger partial charge is 0.118 e. The van der Waals surface area contributed by atoms with Gasteiger partial charge < -0.3 is 46.0 Å². The molecule has 1 saturated carbocycles. The van der Waals surface area contributed by atoms with Crippen molar-refractivity contribution in [3.63, 3.8) is 0 Å². The van der Waals surface area contributed by atoms with Gasteiger partial charge in [-0.3, -0.25) is 0 Å². The highest BCUT2D eigenvalue weighted by Gasteiger charge is 2.51. The standard InChI is InChI=1S/C10H21NO7.C6H15N/c12-2-5(3-13)11-6-1-10(18,4-14)9(17)8(16)7(6)15;1-4-7(5-2)6-3/h5-9,11-18H,1-4H2;4-6H2,1-3H3/t6-,7-,8+,9-,10-;/m0./s1. The second-order valence-electron chi connectivity index (χ2n) is 6.35. The van der Waals surface area contributed by atoms with Crippen molar-refractivity contribution in [2.24, 2.45) is 0 Å². The van der Waals surface area contributed by atoms with Gasteiger partial charge in [0.15, 0.2) is 0 Å². The summed E-state index contributed by atoms with van der Waals surface area (Å²) in [4.78, 5) is 2.38. The minimum atomic E-state index is -1.94. The van der Waals surface area contributed by atoms with Gasteiger partial charge in [-0.1, -0.05) is 20.8 Å². The highest BCUT2D eigenvalue weighted by Crippen LogP contribution is 2.29. The molecule has 0 amide bonds. The summed E-state index contributed by atoms with van der Waals surface area (Å²) in [6.45, 7) is 8.56. The number of aliphatic hydroxyl groups excluding tert-OH is 6. The summed E-state index contributed by atoms with van der Waals surface area (Å²) in [5.74, 6) is 0. The van der Waals surface area contributed by atoms with Crippen LogP contribution in [0.2, 0.25) is 0 Å². The van der Waals surface area contributed by atoms with Crippen LogP contribution in [0.3, 0.4) is 0 Å². The first kappa shape index (κ1) is 24.6. The Hall–Kier alpha value is -0.360. The number of hydrogen-bond acceptors (Lipinski definition) is 9. The number of aliphatic hydroxyl groups is 7. The Bertz CT molecular complexity index is 337. The lowest BCUT2D eigenvalue weighted by atomic mass is 9.76. The maximum atomic E-state index is 9.93. The second-order valence-corrected chi connectivity index (χ2v) is 6.35. The molecule has 1 aliphatic carbocycles. The van der Waals surface area contributed by atoms with Crippen LogP contribution in [0.4, 0.5) is 0 Å². The molecule has 1 aliphatic rings. The predicted octanol–water partition coefficient (Wildman–Crippen LogP) is -3.14. The number of rotatable bonds is 8. The van der Waals surface area contributed by atoms with E-state index in [1.54, 1.807) is 0 Å². The summed E-state index contributed by atoms with van der Waals surface area (Å²) in [5.41, 5.74) is -1.94. The van der Waals surface area contributed by atoms with Gasteiger partial charge in [-0.25, -0.2) is 0 Å². The van der Waals surface area contributed by atoms with Gasteiger partial charge in [-0.05, 0) is 26.1 Å². The molecule has 0 bridgehead atoms. The Balaban J connectivity index is 0.000000697. The molecule has 0 unspecified atom stereocenters. The van der Waals surface area contributed by atoms with E-state index in [0.29, 0.717) is 0 Å². The third-order valence-electron chi connectivity index (χ3n) is 4.72. The summed E-state index contributed by atoms with van der Waals surface area (Å²) in [7, 11) is 0. The minimum absolute atomic E-state index is 0.223. The minimum Gasteiger partial charge on any atom is -0.395 e. The van der Waals surface area contributed by atoms with Crippen molar-refractivity contribution in [2.45, 2.75) is 63.2 Å². The molecule has 8 N–H and O–H groups in total. The monoisotopic (exact) mass is 368 g/mol. The first-order valence-corrected chi connectivity index (χ1v) is 8.81. The van der Waals surface area contributed by atoms with Gasteiger partial charge in [0.2, 0.25) is 0 Å². The summed E-state index contributed by atoms with van der Waals surface area (Å²) in [6, 6.07) is -1.60. The maximum Gasteiger partial charge on any atom is 0.118 e. The molecule has 9 nitrogen and oxygen atoms in total. The molecule has 0 aromatic heterocycles. The van der Waals surface area contributed by atoms with E-state index >= 15 is 0 Å².